The van der Waals surface area contributed by atoms with Crippen molar-refractivity contribution in [3.8, 4) is 0 Å². The molecular formula is C16H25BrN2. The molecule has 106 valence electrons. The van der Waals surface area contributed by atoms with Crippen molar-refractivity contribution in [3.63, 3.8) is 0 Å². The Balaban J connectivity index is 2.12. The molecule has 3 atom stereocenters. The molecule has 1 aromatic rings. The second kappa shape index (κ2) is 5.94. The van der Waals surface area contributed by atoms with Gasteiger partial charge in [0.1, 0.15) is 0 Å². The van der Waals surface area contributed by atoms with E-state index in [0.717, 1.165) is 22.7 Å². The van der Waals surface area contributed by atoms with Gasteiger partial charge < -0.3 is 5.73 Å². The Labute approximate surface area is 125 Å². The minimum atomic E-state index is 0.0762. The average Bonchev–Trinajstić information content (AvgIpc) is 2.73. The van der Waals surface area contributed by atoms with Crippen LogP contribution in [0.25, 0.3) is 0 Å². The van der Waals surface area contributed by atoms with E-state index in [9.17, 15) is 0 Å². The van der Waals surface area contributed by atoms with E-state index in [-0.39, 0.29) is 5.54 Å². The molecule has 19 heavy (non-hydrogen) atoms. The van der Waals surface area contributed by atoms with Crippen molar-refractivity contribution in [2.75, 3.05) is 19.6 Å². The fourth-order valence-electron chi connectivity index (χ4n) is 2.93. The molecule has 1 aromatic carbocycles. The van der Waals surface area contributed by atoms with Gasteiger partial charge in [-0.1, -0.05) is 41.9 Å². The summed E-state index contributed by atoms with van der Waals surface area (Å²) in [4.78, 5) is 2.59. The van der Waals surface area contributed by atoms with Crippen LogP contribution in [0.5, 0.6) is 0 Å². The van der Waals surface area contributed by atoms with Gasteiger partial charge in [0.15, 0.2) is 0 Å². The van der Waals surface area contributed by atoms with Gasteiger partial charge in [-0.05, 0) is 42.9 Å². The molecule has 0 saturated carbocycles. The number of hydrogen-bond acceptors (Lipinski definition) is 2. The number of benzene rings is 1. The topological polar surface area (TPSA) is 29.3 Å². The Morgan fingerprint density at radius 3 is 2.21 bits per heavy atom. The predicted molar refractivity (Wildman–Crippen MR) is 85.2 cm³/mol. The van der Waals surface area contributed by atoms with Gasteiger partial charge in [-0.25, -0.2) is 0 Å². The van der Waals surface area contributed by atoms with Crippen molar-refractivity contribution in [2.45, 2.75) is 32.7 Å². The van der Waals surface area contributed by atoms with E-state index >= 15 is 0 Å². The highest BCUT2D eigenvalue weighted by molar-refractivity contribution is 9.10. The summed E-state index contributed by atoms with van der Waals surface area (Å²) in [5.74, 6) is 1.55. The number of hydrogen-bond donors (Lipinski definition) is 1. The maximum absolute atomic E-state index is 6.10. The summed E-state index contributed by atoms with van der Waals surface area (Å²) in [7, 11) is 0. The zero-order chi connectivity index (χ0) is 14.0. The van der Waals surface area contributed by atoms with Crippen LogP contribution in [0.4, 0.5) is 0 Å². The van der Waals surface area contributed by atoms with Crippen molar-refractivity contribution in [3.05, 3.63) is 34.3 Å². The van der Waals surface area contributed by atoms with Crippen LogP contribution in [0.1, 0.15) is 26.3 Å². The number of rotatable bonds is 4. The highest BCUT2D eigenvalue weighted by Gasteiger charge is 2.37. The second-order valence-electron chi connectivity index (χ2n) is 6.36. The molecule has 0 radical (unpaired) electrons. The third-order valence-corrected chi connectivity index (χ3v) is 5.22. The van der Waals surface area contributed by atoms with Crippen LogP contribution in [0.15, 0.2) is 28.7 Å². The lowest BCUT2D eigenvalue weighted by Gasteiger charge is -2.38. The molecule has 0 aromatic heterocycles. The lowest BCUT2D eigenvalue weighted by Crippen LogP contribution is -2.52. The third-order valence-electron chi connectivity index (χ3n) is 4.69. The quantitative estimate of drug-likeness (QED) is 0.920. The van der Waals surface area contributed by atoms with Gasteiger partial charge in [0.25, 0.3) is 0 Å². The molecule has 1 aliphatic rings. The van der Waals surface area contributed by atoms with Crippen LogP contribution in [0.2, 0.25) is 0 Å². The fraction of sp³-hybridized carbons (Fsp3) is 0.625. The van der Waals surface area contributed by atoms with Gasteiger partial charge in [-0.15, -0.1) is 0 Å². The van der Waals surface area contributed by atoms with E-state index in [1.165, 1.54) is 18.7 Å². The molecule has 1 fully saturated rings. The van der Waals surface area contributed by atoms with Gasteiger partial charge in [0.2, 0.25) is 0 Å². The zero-order valence-electron chi connectivity index (χ0n) is 12.2. The Morgan fingerprint density at radius 2 is 1.74 bits per heavy atom. The third kappa shape index (κ3) is 3.39. The first-order valence-electron chi connectivity index (χ1n) is 7.14. The van der Waals surface area contributed by atoms with Crippen molar-refractivity contribution in [1.29, 1.82) is 0 Å². The monoisotopic (exact) mass is 324 g/mol. The van der Waals surface area contributed by atoms with E-state index in [4.69, 9.17) is 5.73 Å². The summed E-state index contributed by atoms with van der Waals surface area (Å²) in [6.07, 6.45) is 1.02. The molecule has 2 N–H and O–H groups in total. The van der Waals surface area contributed by atoms with Crippen LogP contribution in [-0.2, 0) is 6.42 Å². The van der Waals surface area contributed by atoms with Crippen LogP contribution in [0, 0.1) is 11.8 Å². The van der Waals surface area contributed by atoms with E-state index < -0.39 is 0 Å². The van der Waals surface area contributed by atoms with Gasteiger partial charge in [-0.3, -0.25) is 4.90 Å². The molecular weight excluding hydrogens is 300 g/mol. The zero-order valence-corrected chi connectivity index (χ0v) is 13.8. The summed E-state index contributed by atoms with van der Waals surface area (Å²) in [5, 5.41) is 0. The summed E-state index contributed by atoms with van der Waals surface area (Å²) in [6, 6.07) is 8.62. The fourth-order valence-corrected chi connectivity index (χ4v) is 3.19. The van der Waals surface area contributed by atoms with Crippen molar-refractivity contribution < 1.29 is 0 Å². The molecule has 2 nitrogen and oxygen atoms in total. The molecule has 0 aliphatic carbocycles. The normalized spacial score (nSPS) is 27.4. The molecule has 0 amide bonds. The second-order valence-corrected chi connectivity index (χ2v) is 7.28. The minimum absolute atomic E-state index is 0.0762. The van der Waals surface area contributed by atoms with Gasteiger partial charge in [-0.2, -0.15) is 0 Å². The molecule has 1 saturated heterocycles. The predicted octanol–water partition coefficient (Wildman–Crippen LogP) is 3.30. The van der Waals surface area contributed by atoms with E-state index in [2.05, 4.69) is 65.9 Å². The molecule has 3 unspecified atom stereocenters. The van der Waals surface area contributed by atoms with Crippen LogP contribution in [-0.4, -0.2) is 30.1 Å². The van der Waals surface area contributed by atoms with Crippen LogP contribution < -0.4 is 5.73 Å². The lowest BCUT2D eigenvalue weighted by molar-refractivity contribution is 0.135. The number of nitrogens with two attached hydrogens (primary N) is 1. The van der Waals surface area contributed by atoms with Crippen molar-refractivity contribution >= 4 is 15.9 Å². The smallest absolute Gasteiger partial charge is 0.0344 e. The first-order valence-corrected chi connectivity index (χ1v) is 7.93. The van der Waals surface area contributed by atoms with E-state index in [1.807, 2.05) is 0 Å². The van der Waals surface area contributed by atoms with Crippen molar-refractivity contribution in [2.24, 2.45) is 17.6 Å². The number of halogens is 1. The molecule has 0 spiro atoms. The first-order chi connectivity index (χ1) is 8.94. The largest absolute Gasteiger partial charge is 0.329 e. The number of nitrogens with zero attached hydrogens (tertiary/aromatic N) is 1. The van der Waals surface area contributed by atoms with Crippen molar-refractivity contribution in [1.82, 2.24) is 4.90 Å². The molecule has 3 heteroatoms. The Hall–Kier alpha value is -0.380. The summed E-state index contributed by atoms with van der Waals surface area (Å²) in [5.41, 5.74) is 7.55. The van der Waals surface area contributed by atoms with E-state index in [1.54, 1.807) is 0 Å². The molecule has 1 aliphatic heterocycles. The maximum atomic E-state index is 6.10. The summed E-state index contributed by atoms with van der Waals surface area (Å²) >= 11 is 3.49. The number of likely N-dealkylation sites (tertiary alicyclic amines) is 1. The van der Waals surface area contributed by atoms with Gasteiger partial charge in [0, 0.05) is 29.6 Å². The Morgan fingerprint density at radius 1 is 1.21 bits per heavy atom. The minimum Gasteiger partial charge on any atom is -0.329 e. The standard InChI is InChI=1S/C16H25BrN2/c1-12-9-19(10-13(12)2)16(3,11-18)8-14-4-6-15(17)7-5-14/h4-7,12-13H,8-11,18H2,1-3H3. The van der Waals surface area contributed by atoms with Crippen LogP contribution in [0.3, 0.4) is 0 Å². The lowest BCUT2D eigenvalue weighted by atomic mass is 9.91. The summed E-state index contributed by atoms with van der Waals surface area (Å²) in [6.45, 7) is 10.1. The first kappa shape index (κ1) is 15.0. The highest BCUT2D eigenvalue weighted by Crippen LogP contribution is 2.30. The maximum Gasteiger partial charge on any atom is 0.0344 e. The van der Waals surface area contributed by atoms with Crippen LogP contribution >= 0.6 is 15.9 Å². The highest BCUT2D eigenvalue weighted by atomic mass is 79.9. The molecule has 0 bridgehead atoms. The summed E-state index contributed by atoms with van der Waals surface area (Å²) < 4.78 is 1.13. The van der Waals surface area contributed by atoms with E-state index in [0.29, 0.717) is 6.54 Å². The van der Waals surface area contributed by atoms with Gasteiger partial charge in [0.05, 0.1) is 0 Å². The average molecular weight is 325 g/mol. The Kier molecular flexibility index (Phi) is 4.70. The molecule has 2 rings (SSSR count). The van der Waals surface area contributed by atoms with Gasteiger partial charge >= 0.3 is 0 Å². The molecule has 1 heterocycles. The SMILES string of the molecule is CC1CN(C(C)(CN)Cc2ccc(Br)cc2)CC1C. The Bertz CT molecular complexity index is 407.